The van der Waals surface area contributed by atoms with E-state index in [0.29, 0.717) is 5.02 Å². The summed E-state index contributed by atoms with van der Waals surface area (Å²) in [7, 11) is 1.61. The lowest BCUT2D eigenvalue weighted by Crippen LogP contribution is -1.98. The summed E-state index contributed by atoms with van der Waals surface area (Å²) in [6, 6.07) is 5.49. The highest BCUT2D eigenvalue weighted by Crippen LogP contribution is 2.37. The van der Waals surface area contributed by atoms with Gasteiger partial charge in [-0.15, -0.1) is 11.3 Å². The number of methoxy groups -OCH3 is 1. The Morgan fingerprint density at radius 1 is 1.44 bits per heavy atom. The summed E-state index contributed by atoms with van der Waals surface area (Å²) in [6.07, 6.45) is -0.710. The molecule has 0 aliphatic rings. The van der Waals surface area contributed by atoms with Crippen molar-refractivity contribution in [3.05, 3.63) is 49.1 Å². The van der Waals surface area contributed by atoms with Crippen molar-refractivity contribution in [2.75, 3.05) is 7.11 Å². The van der Waals surface area contributed by atoms with Gasteiger partial charge in [0.15, 0.2) is 0 Å². The highest BCUT2D eigenvalue weighted by Gasteiger charge is 2.18. The van der Waals surface area contributed by atoms with Crippen LogP contribution in [0.4, 0.5) is 0 Å². The molecule has 0 saturated heterocycles. The Morgan fingerprint density at radius 3 is 2.67 bits per heavy atom. The lowest BCUT2D eigenvalue weighted by molar-refractivity contribution is 0.224. The number of ether oxygens (including phenoxy) is 1. The van der Waals surface area contributed by atoms with Gasteiger partial charge in [0.25, 0.3) is 0 Å². The van der Waals surface area contributed by atoms with E-state index in [-0.39, 0.29) is 0 Å². The maximum Gasteiger partial charge on any atom is 0.133 e. The van der Waals surface area contributed by atoms with Gasteiger partial charge in [-0.3, -0.25) is 0 Å². The van der Waals surface area contributed by atoms with Gasteiger partial charge in [-0.25, -0.2) is 0 Å². The highest BCUT2D eigenvalue weighted by molar-refractivity contribution is 9.10. The third kappa shape index (κ3) is 2.57. The molecule has 2 nitrogen and oxygen atoms in total. The maximum absolute atomic E-state index is 10.3. The number of aliphatic hydroxyl groups excluding tert-OH is 1. The fourth-order valence-electron chi connectivity index (χ4n) is 1.64. The summed E-state index contributed by atoms with van der Waals surface area (Å²) >= 11 is 11.0. The van der Waals surface area contributed by atoms with Crippen molar-refractivity contribution in [2.24, 2.45) is 0 Å². The van der Waals surface area contributed by atoms with E-state index < -0.39 is 6.10 Å². The van der Waals surface area contributed by atoms with Crippen LogP contribution in [-0.2, 0) is 0 Å². The Kier molecular flexibility index (Phi) is 4.33. The summed E-state index contributed by atoms with van der Waals surface area (Å²) in [4.78, 5) is 0.770. The lowest BCUT2D eigenvalue weighted by Gasteiger charge is -2.12. The van der Waals surface area contributed by atoms with Crippen molar-refractivity contribution in [3.8, 4) is 5.75 Å². The molecule has 96 valence electrons. The Balaban J connectivity index is 2.37. The molecule has 1 aromatic heterocycles. The van der Waals surface area contributed by atoms with Crippen LogP contribution in [0, 0.1) is 6.92 Å². The van der Waals surface area contributed by atoms with Crippen LogP contribution in [0.25, 0.3) is 0 Å². The molecular formula is C13H12BrClO2S. The van der Waals surface area contributed by atoms with E-state index in [1.54, 1.807) is 7.11 Å². The summed E-state index contributed by atoms with van der Waals surface area (Å²) in [5, 5.41) is 12.9. The molecule has 1 unspecified atom stereocenters. The molecule has 1 N–H and O–H groups in total. The Morgan fingerprint density at radius 2 is 2.17 bits per heavy atom. The second-order valence-corrected chi connectivity index (χ2v) is 6.04. The number of benzene rings is 1. The van der Waals surface area contributed by atoms with E-state index in [0.717, 1.165) is 26.2 Å². The van der Waals surface area contributed by atoms with Gasteiger partial charge in [0.05, 0.1) is 21.5 Å². The number of halogens is 2. The average Bonchev–Trinajstić information content (AvgIpc) is 2.69. The number of rotatable bonds is 3. The van der Waals surface area contributed by atoms with E-state index >= 15 is 0 Å². The first-order valence-corrected chi connectivity index (χ1v) is 7.34. The van der Waals surface area contributed by atoms with E-state index in [2.05, 4.69) is 15.9 Å². The van der Waals surface area contributed by atoms with Crippen LogP contribution < -0.4 is 4.74 Å². The number of hydrogen-bond donors (Lipinski definition) is 1. The number of aryl methyl sites for hydroxylation is 1. The number of thiophene rings is 1. The monoisotopic (exact) mass is 346 g/mol. The van der Waals surface area contributed by atoms with E-state index in [1.165, 1.54) is 11.3 Å². The predicted octanol–water partition coefficient (Wildman–Crippen LogP) is 4.56. The van der Waals surface area contributed by atoms with Crippen LogP contribution in [0.3, 0.4) is 0 Å². The first-order chi connectivity index (χ1) is 8.54. The molecule has 5 heteroatoms. The molecule has 1 atom stereocenters. The Hall–Kier alpha value is -0.550. The van der Waals surface area contributed by atoms with Gasteiger partial charge >= 0.3 is 0 Å². The Labute approximate surface area is 123 Å². The molecule has 0 bridgehead atoms. The topological polar surface area (TPSA) is 29.5 Å². The standard InChI is InChI=1S/C13H12BrClO2S/c1-7-6-18-13(11(7)15)12(16)8-3-4-10(17-2)9(14)5-8/h3-6,12,16H,1-2H3. The normalized spacial score (nSPS) is 12.5. The van der Waals surface area contributed by atoms with Crippen molar-refractivity contribution in [3.63, 3.8) is 0 Å². The van der Waals surface area contributed by atoms with Gasteiger partial charge in [-0.2, -0.15) is 0 Å². The third-order valence-electron chi connectivity index (χ3n) is 2.67. The second kappa shape index (κ2) is 5.61. The second-order valence-electron chi connectivity index (χ2n) is 3.89. The molecule has 1 heterocycles. The van der Waals surface area contributed by atoms with Crippen molar-refractivity contribution in [1.82, 2.24) is 0 Å². The minimum absolute atomic E-state index is 0.638. The Bertz CT molecular complexity index is 568. The fourth-order valence-corrected chi connectivity index (χ4v) is 3.50. The summed E-state index contributed by atoms with van der Waals surface area (Å²) in [5.41, 5.74) is 1.77. The van der Waals surface area contributed by atoms with Crippen molar-refractivity contribution < 1.29 is 9.84 Å². The lowest BCUT2D eigenvalue weighted by atomic mass is 10.1. The SMILES string of the molecule is COc1ccc(C(O)c2scc(C)c2Cl)cc1Br. The van der Waals surface area contributed by atoms with Gasteiger partial charge in [-0.1, -0.05) is 17.7 Å². The van der Waals surface area contributed by atoms with E-state index in [1.807, 2.05) is 30.5 Å². The fraction of sp³-hybridized carbons (Fsp3) is 0.231. The van der Waals surface area contributed by atoms with Crippen LogP contribution >= 0.6 is 38.9 Å². The predicted molar refractivity (Wildman–Crippen MR) is 78.8 cm³/mol. The first-order valence-electron chi connectivity index (χ1n) is 5.29. The first kappa shape index (κ1) is 13.9. The van der Waals surface area contributed by atoms with Gasteiger partial charge < -0.3 is 9.84 Å². The molecule has 0 amide bonds. The quantitative estimate of drug-likeness (QED) is 0.882. The molecule has 1 aromatic carbocycles. The molecule has 18 heavy (non-hydrogen) atoms. The van der Waals surface area contributed by atoms with Gasteiger partial charge in [0.1, 0.15) is 11.9 Å². The van der Waals surface area contributed by atoms with Crippen molar-refractivity contribution in [1.29, 1.82) is 0 Å². The third-order valence-corrected chi connectivity index (χ3v) is 5.05. The van der Waals surface area contributed by atoms with Crippen LogP contribution in [0.15, 0.2) is 28.1 Å². The molecule has 0 radical (unpaired) electrons. The highest BCUT2D eigenvalue weighted by atomic mass is 79.9. The minimum atomic E-state index is -0.710. The average molecular weight is 348 g/mol. The van der Waals surface area contributed by atoms with Crippen molar-refractivity contribution >= 4 is 38.9 Å². The summed E-state index contributed by atoms with van der Waals surface area (Å²) in [6.45, 7) is 1.93. The maximum atomic E-state index is 10.3. The minimum Gasteiger partial charge on any atom is -0.496 e. The molecule has 0 spiro atoms. The zero-order valence-electron chi connectivity index (χ0n) is 9.91. The zero-order chi connectivity index (χ0) is 13.3. The molecule has 0 saturated carbocycles. The molecule has 0 aliphatic carbocycles. The number of aliphatic hydroxyl groups is 1. The zero-order valence-corrected chi connectivity index (χ0v) is 13.1. The molecule has 2 aromatic rings. The number of hydrogen-bond acceptors (Lipinski definition) is 3. The summed E-state index contributed by atoms with van der Waals surface area (Å²) < 4.78 is 5.97. The van der Waals surface area contributed by atoms with Crippen LogP contribution in [0.2, 0.25) is 5.02 Å². The van der Waals surface area contributed by atoms with Gasteiger partial charge in [-0.05, 0) is 51.5 Å². The van der Waals surface area contributed by atoms with Gasteiger partial charge in [0, 0.05) is 0 Å². The summed E-state index contributed by atoms with van der Waals surface area (Å²) in [5.74, 6) is 0.736. The largest absolute Gasteiger partial charge is 0.496 e. The van der Waals surface area contributed by atoms with Crippen molar-refractivity contribution in [2.45, 2.75) is 13.0 Å². The van der Waals surface area contributed by atoms with Crippen LogP contribution in [0.5, 0.6) is 5.75 Å². The molecule has 0 aliphatic heterocycles. The molecule has 0 fully saturated rings. The van der Waals surface area contributed by atoms with E-state index in [9.17, 15) is 5.11 Å². The smallest absolute Gasteiger partial charge is 0.133 e. The van der Waals surface area contributed by atoms with Gasteiger partial charge in [0.2, 0.25) is 0 Å². The molecule has 2 rings (SSSR count). The molecular weight excluding hydrogens is 336 g/mol. The van der Waals surface area contributed by atoms with E-state index in [4.69, 9.17) is 16.3 Å². The van der Waals surface area contributed by atoms with Crippen LogP contribution in [0.1, 0.15) is 22.1 Å². The van der Waals surface area contributed by atoms with Crippen LogP contribution in [-0.4, -0.2) is 12.2 Å².